The average molecular weight is 312 g/mol. The number of hydrogen-bond acceptors (Lipinski definition) is 5. The first kappa shape index (κ1) is 15.4. The maximum atomic E-state index is 11.8. The Hall–Kier alpha value is -0.630. The minimum absolute atomic E-state index is 0.0288. The van der Waals surface area contributed by atoms with E-state index in [-0.39, 0.29) is 16.2 Å². The standard InChI is InChI=1S/C10H14ClNO4S2/c1-7(3-4-16-2)12-10(13)8-5-9(17-6-8)18(11,14)15/h5-7H,3-4H2,1-2H3,(H,12,13). The van der Waals surface area contributed by atoms with E-state index in [0.717, 1.165) is 11.3 Å². The van der Waals surface area contributed by atoms with Gasteiger partial charge in [0.2, 0.25) is 0 Å². The summed E-state index contributed by atoms with van der Waals surface area (Å²) in [7, 11) is 3.01. The van der Waals surface area contributed by atoms with Crippen molar-refractivity contribution in [3.05, 3.63) is 17.0 Å². The molecule has 1 aromatic heterocycles. The van der Waals surface area contributed by atoms with Crippen LogP contribution in [-0.4, -0.2) is 34.1 Å². The van der Waals surface area contributed by atoms with Crippen molar-refractivity contribution < 1.29 is 17.9 Å². The van der Waals surface area contributed by atoms with Gasteiger partial charge in [0.05, 0.1) is 5.56 Å². The van der Waals surface area contributed by atoms with Crippen molar-refractivity contribution in [2.24, 2.45) is 0 Å². The van der Waals surface area contributed by atoms with Crippen molar-refractivity contribution in [2.75, 3.05) is 13.7 Å². The Balaban J connectivity index is 2.65. The molecule has 1 N–H and O–H groups in total. The fourth-order valence-electron chi connectivity index (χ4n) is 1.24. The Kier molecular flexibility index (Phi) is 5.58. The van der Waals surface area contributed by atoms with Crippen LogP contribution in [0.5, 0.6) is 0 Å². The second-order valence-corrected chi connectivity index (χ2v) is 7.45. The molecule has 1 unspecified atom stereocenters. The summed E-state index contributed by atoms with van der Waals surface area (Å²) in [5.41, 5.74) is 0.295. The van der Waals surface area contributed by atoms with E-state index < -0.39 is 9.05 Å². The molecule has 1 aromatic rings. The molecule has 1 amide bonds. The van der Waals surface area contributed by atoms with Crippen LogP contribution in [0.15, 0.2) is 15.7 Å². The third-order valence-corrected chi connectivity index (χ3v) is 5.25. The van der Waals surface area contributed by atoms with Crippen molar-refractivity contribution in [3.8, 4) is 0 Å². The first-order chi connectivity index (χ1) is 8.34. The largest absolute Gasteiger partial charge is 0.385 e. The highest BCUT2D eigenvalue weighted by Gasteiger charge is 2.17. The molecule has 102 valence electrons. The number of ether oxygens (including phenoxy) is 1. The summed E-state index contributed by atoms with van der Waals surface area (Å²) in [5, 5.41) is 4.21. The molecule has 0 saturated carbocycles. The average Bonchev–Trinajstić information content (AvgIpc) is 2.75. The SMILES string of the molecule is COCCC(C)NC(=O)c1csc(S(=O)(=O)Cl)c1. The Morgan fingerprint density at radius 3 is 2.78 bits per heavy atom. The number of carbonyl (C=O) groups excluding carboxylic acids is 1. The van der Waals surface area contributed by atoms with Crippen molar-refractivity contribution in [1.82, 2.24) is 5.32 Å². The molecular formula is C10H14ClNO4S2. The summed E-state index contributed by atoms with van der Waals surface area (Å²) in [6, 6.07) is 1.22. The van der Waals surface area contributed by atoms with Crippen LogP contribution in [0.1, 0.15) is 23.7 Å². The number of rotatable bonds is 6. The van der Waals surface area contributed by atoms with Gasteiger partial charge in [0, 0.05) is 35.8 Å². The summed E-state index contributed by atoms with van der Waals surface area (Å²) in [6.45, 7) is 2.40. The highest BCUT2D eigenvalue weighted by atomic mass is 35.7. The monoisotopic (exact) mass is 311 g/mol. The minimum atomic E-state index is -3.77. The van der Waals surface area contributed by atoms with Crippen LogP contribution in [0.25, 0.3) is 0 Å². The van der Waals surface area contributed by atoms with E-state index in [0.29, 0.717) is 18.6 Å². The Bertz CT molecular complexity index is 512. The normalized spacial score (nSPS) is 13.3. The number of thiophene rings is 1. The van der Waals surface area contributed by atoms with Gasteiger partial charge in [-0.1, -0.05) is 0 Å². The summed E-state index contributed by atoms with van der Waals surface area (Å²) >= 11 is 0.924. The molecule has 8 heteroatoms. The fourth-order valence-corrected chi connectivity index (χ4v) is 3.18. The molecule has 18 heavy (non-hydrogen) atoms. The zero-order chi connectivity index (χ0) is 13.8. The van der Waals surface area contributed by atoms with Gasteiger partial charge in [-0.05, 0) is 19.4 Å². The number of methoxy groups -OCH3 is 1. The summed E-state index contributed by atoms with van der Waals surface area (Å²) in [6.07, 6.45) is 0.688. The zero-order valence-corrected chi connectivity index (χ0v) is 12.4. The van der Waals surface area contributed by atoms with E-state index in [2.05, 4.69) is 5.32 Å². The number of amides is 1. The van der Waals surface area contributed by atoms with E-state index in [9.17, 15) is 13.2 Å². The molecule has 0 aliphatic carbocycles. The Labute approximate surface area is 115 Å². The van der Waals surface area contributed by atoms with Crippen molar-refractivity contribution >= 4 is 37.0 Å². The molecule has 0 fully saturated rings. The predicted octanol–water partition coefficient (Wildman–Crippen LogP) is 1.83. The smallest absolute Gasteiger partial charge is 0.270 e. The van der Waals surface area contributed by atoms with Gasteiger partial charge in [-0.2, -0.15) is 0 Å². The minimum Gasteiger partial charge on any atom is -0.385 e. The van der Waals surface area contributed by atoms with Crippen LogP contribution in [-0.2, 0) is 13.8 Å². The van der Waals surface area contributed by atoms with Gasteiger partial charge in [-0.15, -0.1) is 11.3 Å². The lowest BCUT2D eigenvalue weighted by molar-refractivity contribution is 0.0930. The first-order valence-electron chi connectivity index (χ1n) is 5.17. The van der Waals surface area contributed by atoms with Gasteiger partial charge in [0.15, 0.2) is 0 Å². The molecular weight excluding hydrogens is 298 g/mol. The predicted molar refractivity (Wildman–Crippen MR) is 70.8 cm³/mol. The topological polar surface area (TPSA) is 72.5 Å². The molecule has 1 atom stereocenters. The van der Waals surface area contributed by atoms with E-state index in [4.69, 9.17) is 15.4 Å². The van der Waals surface area contributed by atoms with Crippen LogP contribution in [0.4, 0.5) is 0 Å². The maximum Gasteiger partial charge on any atom is 0.270 e. The summed E-state index contributed by atoms with van der Waals surface area (Å²) in [4.78, 5) is 11.8. The van der Waals surface area contributed by atoms with E-state index in [1.54, 1.807) is 7.11 Å². The van der Waals surface area contributed by atoms with E-state index >= 15 is 0 Å². The zero-order valence-electron chi connectivity index (χ0n) is 9.97. The molecule has 1 rings (SSSR count). The molecule has 0 radical (unpaired) electrons. The fraction of sp³-hybridized carbons (Fsp3) is 0.500. The molecule has 0 aromatic carbocycles. The van der Waals surface area contributed by atoms with Crippen LogP contribution < -0.4 is 5.32 Å². The molecule has 0 saturated heterocycles. The Morgan fingerprint density at radius 2 is 2.28 bits per heavy atom. The van der Waals surface area contributed by atoms with Gasteiger partial charge in [-0.3, -0.25) is 4.79 Å². The second kappa shape index (κ2) is 6.51. The van der Waals surface area contributed by atoms with Crippen molar-refractivity contribution in [2.45, 2.75) is 23.6 Å². The number of nitrogens with one attached hydrogen (secondary N) is 1. The second-order valence-electron chi connectivity index (χ2n) is 3.75. The molecule has 0 bridgehead atoms. The molecule has 0 aliphatic rings. The number of carbonyl (C=O) groups is 1. The van der Waals surface area contributed by atoms with Gasteiger partial charge in [-0.25, -0.2) is 8.42 Å². The number of hydrogen-bond donors (Lipinski definition) is 1. The molecule has 0 spiro atoms. The maximum absolute atomic E-state index is 11.8. The van der Waals surface area contributed by atoms with Crippen LogP contribution in [0.3, 0.4) is 0 Å². The van der Waals surface area contributed by atoms with E-state index in [1.807, 2.05) is 6.92 Å². The third kappa shape index (κ3) is 4.56. The quantitative estimate of drug-likeness (QED) is 0.814. The third-order valence-electron chi connectivity index (χ3n) is 2.21. The summed E-state index contributed by atoms with van der Waals surface area (Å²) < 4.78 is 27.0. The van der Waals surface area contributed by atoms with Gasteiger partial charge < -0.3 is 10.1 Å². The van der Waals surface area contributed by atoms with Gasteiger partial charge >= 0.3 is 0 Å². The van der Waals surface area contributed by atoms with E-state index in [1.165, 1.54) is 11.4 Å². The lowest BCUT2D eigenvalue weighted by Crippen LogP contribution is -2.33. The van der Waals surface area contributed by atoms with Crippen LogP contribution in [0.2, 0.25) is 0 Å². The lowest BCUT2D eigenvalue weighted by atomic mass is 10.2. The molecule has 5 nitrogen and oxygen atoms in total. The van der Waals surface area contributed by atoms with Gasteiger partial charge in [0.25, 0.3) is 15.0 Å². The van der Waals surface area contributed by atoms with Gasteiger partial charge in [0.1, 0.15) is 4.21 Å². The molecule has 0 aliphatic heterocycles. The van der Waals surface area contributed by atoms with Crippen molar-refractivity contribution in [3.63, 3.8) is 0 Å². The first-order valence-corrected chi connectivity index (χ1v) is 8.36. The van der Waals surface area contributed by atoms with Crippen LogP contribution >= 0.6 is 22.0 Å². The van der Waals surface area contributed by atoms with Crippen LogP contribution in [0, 0.1) is 0 Å². The summed E-state index contributed by atoms with van der Waals surface area (Å²) in [5.74, 6) is -0.318. The Morgan fingerprint density at radius 1 is 1.61 bits per heavy atom. The molecule has 1 heterocycles. The highest BCUT2D eigenvalue weighted by molar-refractivity contribution is 8.15. The lowest BCUT2D eigenvalue weighted by Gasteiger charge is -2.12. The highest BCUT2D eigenvalue weighted by Crippen LogP contribution is 2.23. The van der Waals surface area contributed by atoms with Crippen molar-refractivity contribution in [1.29, 1.82) is 0 Å². The number of halogens is 1.